The first-order valence-electron chi connectivity index (χ1n) is 16.8. The number of rotatable bonds is 12. The van der Waals surface area contributed by atoms with E-state index in [0.29, 0.717) is 31.1 Å². The van der Waals surface area contributed by atoms with Gasteiger partial charge in [-0.15, -0.1) is 0 Å². The summed E-state index contributed by atoms with van der Waals surface area (Å²) in [6.45, 7) is 0.651. The maximum Gasteiger partial charge on any atom is 0.326 e. The van der Waals surface area contributed by atoms with E-state index in [2.05, 4.69) is 5.32 Å². The van der Waals surface area contributed by atoms with Gasteiger partial charge in [-0.2, -0.15) is 0 Å². The number of carboxylic acids is 1. The SMILES string of the molecule is O=C(O)[C@H](Cc1ccc(-c2ccccc2)cc1)NC(=O)[C@@H]1Cc2ccc(OCCc3ccc(F)cc3)cc2CN1C(=O)CC1CCCC1. The Morgan fingerprint density at radius 3 is 2.25 bits per heavy atom. The normalized spacial score (nSPS) is 16.6. The zero-order valence-corrected chi connectivity index (χ0v) is 26.9. The first-order chi connectivity index (χ1) is 23.3. The Labute approximate surface area is 280 Å². The van der Waals surface area contributed by atoms with Crippen molar-refractivity contribution in [1.82, 2.24) is 10.2 Å². The van der Waals surface area contributed by atoms with Crippen molar-refractivity contribution in [3.05, 3.63) is 125 Å². The van der Waals surface area contributed by atoms with E-state index in [1.807, 2.05) is 72.8 Å². The van der Waals surface area contributed by atoms with Crippen LogP contribution < -0.4 is 10.1 Å². The van der Waals surface area contributed by atoms with Crippen molar-refractivity contribution in [2.75, 3.05) is 6.61 Å². The Hall–Kier alpha value is -4.98. The van der Waals surface area contributed by atoms with Crippen LogP contribution in [0.25, 0.3) is 11.1 Å². The van der Waals surface area contributed by atoms with E-state index in [4.69, 9.17) is 4.74 Å². The Morgan fingerprint density at radius 2 is 1.54 bits per heavy atom. The highest BCUT2D eigenvalue weighted by Gasteiger charge is 2.37. The number of hydrogen-bond donors (Lipinski definition) is 2. The molecule has 1 aliphatic heterocycles. The third kappa shape index (κ3) is 8.29. The van der Waals surface area contributed by atoms with Crippen LogP contribution in [0.5, 0.6) is 5.75 Å². The van der Waals surface area contributed by atoms with Crippen molar-refractivity contribution < 1.29 is 28.6 Å². The van der Waals surface area contributed by atoms with E-state index in [1.54, 1.807) is 17.0 Å². The quantitative estimate of drug-likeness (QED) is 0.177. The maximum absolute atomic E-state index is 13.9. The molecule has 2 amide bonds. The summed E-state index contributed by atoms with van der Waals surface area (Å²) in [5.74, 6) is -0.994. The first kappa shape index (κ1) is 32.9. The van der Waals surface area contributed by atoms with E-state index in [9.17, 15) is 23.9 Å². The van der Waals surface area contributed by atoms with Gasteiger partial charge >= 0.3 is 5.97 Å². The number of carbonyl (C=O) groups is 3. The van der Waals surface area contributed by atoms with Crippen LogP contribution in [0, 0.1) is 11.7 Å². The number of carboxylic acid groups (broad SMARTS) is 1. The van der Waals surface area contributed by atoms with Crippen LogP contribution in [0.3, 0.4) is 0 Å². The Morgan fingerprint density at radius 1 is 0.854 bits per heavy atom. The van der Waals surface area contributed by atoms with E-state index < -0.39 is 24.0 Å². The molecule has 0 spiro atoms. The first-order valence-corrected chi connectivity index (χ1v) is 16.8. The fourth-order valence-corrected chi connectivity index (χ4v) is 6.83. The molecule has 2 N–H and O–H groups in total. The van der Waals surface area contributed by atoms with Gasteiger partial charge in [-0.3, -0.25) is 9.59 Å². The summed E-state index contributed by atoms with van der Waals surface area (Å²) in [6, 6.07) is 27.7. The van der Waals surface area contributed by atoms with Gasteiger partial charge in [0.2, 0.25) is 11.8 Å². The molecule has 1 fully saturated rings. The van der Waals surface area contributed by atoms with Crippen LogP contribution in [0.2, 0.25) is 0 Å². The van der Waals surface area contributed by atoms with Gasteiger partial charge in [-0.25, -0.2) is 9.18 Å². The Kier molecular flexibility index (Phi) is 10.5. The number of carbonyl (C=O) groups excluding carboxylic acids is 2. The molecular weight excluding hydrogens is 607 g/mol. The number of fused-ring (bicyclic) bond motifs is 1. The van der Waals surface area contributed by atoms with Crippen molar-refractivity contribution in [3.63, 3.8) is 0 Å². The third-order valence-corrected chi connectivity index (χ3v) is 9.56. The number of aliphatic carboxylic acids is 1. The molecule has 0 aromatic heterocycles. The third-order valence-electron chi connectivity index (χ3n) is 9.56. The average Bonchev–Trinajstić information content (AvgIpc) is 3.62. The monoisotopic (exact) mass is 648 g/mol. The summed E-state index contributed by atoms with van der Waals surface area (Å²) in [6.07, 6.45) is 5.62. The number of halogens is 1. The summed E-state index contributed by atoms with van der Waals surface area (Å²) in [5.41, 5.74) is 5.68. The minimum absolute atomic E-state index is 0.0845. The van der Waals surface area contributed by atoms with Crippen LogP contribution in [0.15, 0.2) is 97.1 Å². The lowest BCUT2D eigenvalue weighted by atomic mass is 9.91. The number of benzene rings is 4. The number of hydrogen-bond acceptors (Lipinski definition) is 4. The molecule has 0 saturated heterocycles. The minimum atomic E-state index is -1.15. The Bertz CT molecular complexity index is 1720. The van der Waals surface area contributed by atoms with Gasteiger partial charge in [0.15, 0.2) is 0 Å². The van der Waals surface area contributed by atoms with Gasteiger partial charge in [-0.05, 0) is 76.4 Å². The topological polar surface area (TPSA) is 95.9 Å². The summed E-state index contributed by atoms with van der Waals surface area (Å²) in [5, 5.41) is 12.9. The number of nitrogens with zero attached hydrogens (tertiary/aromatic N) is 1. The predicted molar refractivity (Wildman–Crippen MR) is 182 cm³/mol. The summed E-state index contributed by atoms with van der Waals surface area (Å²) in [7, 11) is 0. The molecule has 4 aromatic carbocycles. The van der Waals surface area contributed by atoms with E-state index in [0.717, 1.165) is 59.1 Å². The van der Waals surface area contributed by atoms with Gasteiger partial charge in [-0.1, -0.05) is 85.6 Å². The van der Waals surface area contributed by atoms with Crippen LogP contribution in [-0.4, -0.2) is 46.5 Å². The second kappa shape index (κ2) is 15.3. The molecule has 0 radical (unpaired) electrons. The molecule has 2 atom stereocenters. The molecule has 48 heavy (non-hydrogen) atoms. The molecule has 0 unspecified atom stereocenters. The lowest BCUT2D eigenvalue weighted by molar-refractivity contribution is -0.145. The second-order valence-corrected chi connectivity index (χ2v) is 12.9. The molecule has 1 heterocycles. The molecule has 4 aromatic rings. The zero-order chi connectivity index (χ0) is 33.5. The smallest absolute Gasteiger partial charge is 0.326 e. The van der Waals surface area contributed by atoms with Gasteiger partial charge in [0, 0.05) is 32.2 Å². The van der Waals surface area contributed by atoms with Crippen molar-refractivity contribution in [2.45, 2.75) is 70.0 Å². The standard InChI is InChI=1S/C40H41FN2O5/c41-34-17-12-27(13-18-34)20-21-48-35-19-16-32-25-37(43(26-33(32)24-35)38(44)23-28-6-4-5-7-28)39(45)42-36(40(46)47)22-29-10-14-31(15-11-29)30-8-2-1-3-9-30/h1-3,8-19,24,28,36-37H,4-7,20-23,25-26H2,(H,42,45)(H,46,47)/t36-,37-/m0/s1. The fourth-order valence-electron chi connectivity index (χ4n) is 6.83. The van der Waals surface area contributed by atoms with E-state index >= 15 is 0 Å². The lowest BCUT2D eigenvalue weighted by Gasteiger charge is -2.37. The molecule has 2 aliphatic rings. The van der Waals surface area contributed by atoms with E-state index in [1.165, 1.54) is 12.1 Å². The van der Waals surface area contributed by atoms with Crippen LogP contribution >= 0.6 is 0 Å². The van der Waals surface area contributed by atoms with Crippen molar-refractivity contribution in [1.29, 1.82) is 0 Å². The number of nitrogens with one attached hydrogen (secondary N) is 1. The number of amides is 2. The lowest BCUT2D eigenvalue weighted by Crippen LogP contribution is -2.56. The zero-order valence-electron chi connectivity index (χ0n) is 26.9. The highest BCUT2D eigenvalue weighted by atomic mass is 19.1. The maximum atomic E-state index is 13.9. The number of ether oxygens (including phenoxy) is 1. The largest absolute Gasteiger partial charge is 0.493 e. The van der Waals surface area contributed by atoms with Gasteiger partial charge < -0.3 is 20.1 Å². The summed E-state index contributed by atoms with van der Waals surface area (Å²) in [4.78, 5) is 41.6. The molecule has 1 aliphatic carbocycles. The van der Waals surface area contributed by atoms with Crippen molar-refractivity contribution in [2.24, 2.45) is 5.92 Å². The summed E-state index contributed by atoms with van der Waals surface area (Å²) < 4.78 is 19.3. The van der Waals surface area contributed by atoms with Gasteiger partial charge in [0.1, 0.15) is 23.7 Å². The van der Waals surface area contributed by atoms with Gasteiger partial charge in [0.25, 0.3) is 0 Å². The fraction of sp³-hybridized carbons (Fsp3) is 0.325. The predicted octanol–water partition coefficient (Wildman–Crippen LogP) is 6.76. The summed E-state index contributed by atoms with van der Waals surface area (Å²) >= 11 is 0. The molecule has 8 heteroatoms. The molecule has 6 rings (SSSR count). The average molecular weight is 649 g/mol. The van der Waals surface area contributed by atoms with Crippen LogP contribution in [0.4, 0.5) is 4.39 Å². The van der Waals surface area contributed by atoms with Crippen LogP contribution in [-0.2, 0) is 40.2 Å². The second-order valence-electron chi connectivity index (χ2n) is 12.9. The van der Waals surface area contributed by atoms with Crippen molar-refractivity contribution >= 4 is 17.8 Å². The minimum Gasteiger partial charge on any atom is -0.493 e. The molecule has 248 valence electrons. The van der Waals surface area contributed by atoms with Crippen LogP contribution in [0.1, 0.15) is 54.4 Å². The Balaban J connectivity index is 1.15. The van der Waals surface area contributed by atoms with E-state index in [-0.39, 0.29) is 31.1 Å². The van der Waals surface area contributed by atoms with Crippen molar-refractivity contribution in [3.8, 4) is 16.9 Å². The molecule has 1 saturated carbocycles. The van der Waals surface area contributed by atoms with Gasteiger partial charge in [0.05, 0.1) is 6.61 Å². The molecular formula is C40H41FN2O5. The molecule has 0 bridgehead atoms. The highest BCUT2D eigenvalue weighted by Crippen LogP contribution is 2.32. The molecule has 7 nitrogen and oxygen atoms in total. The highest BCUT2D eigenvalue weighted by molar-refractivity contribution is 5.91.